The Bertz CT molecular complexity index is 1030. The van der Waals surface area contributed by atoms with Gasteiger partial charge in [0.05, 0.1) is 25.6 Å². The smallest absolute Gasteiger partial charge is 0.255 e. The van der Waals surface area contributed by atoms with Crippen molar-refractivity contribution < 1.29 is 18.7 Å². The number of nitrogens with zero attached hydrogens (tertiary/aromatic N) is 1. The SMILES string of the molecule is COc1ccc(-c2n[nH]c(C3CC3)c2NC(=O)c2cccc(F)c2)cc1OC. The van der Waals surface area contributed by atoms with Gasteiger partial charge in [-0.2, -0.15) is 5.10 Å². The minimum Gasteiger partial charge on any atom is -0.493 e. The highest BCUT2D eigenvalue weighted by Crippen LogP contribution is 2.45. The summed E-state index contributed by atoms with van der Waals surface area (Å²) in [7, 11) is 3.14. The van der Waals surface area contributed by atoms with Crippen molar-refractivity contribution in [3.63, 3.8) is 0 Å². The highest BCUT2D eigenvalue weighted by Gasteiger charge is 2.31. The molecule has 2 N–H and O–H groups in total. The number of H-pyrrole nitrogens is 1. The van der Waals surface area contributed by atoms with E-state index in [0.29, 0.717) is 28.8 Å². The summed E-state index contributed by atoms with van der Waals surface area (Å²) in [6.45, 7) is 0. The third kappa shape index (κ3) is 3.43. The minimum absolute atomic E-state index is 0.251. The summed E-state index contributed by atoms with van der Waals surface area (Å²) in [4.78, 5) is 12.7. The van der Waals surface area contributed by atoms with Crippen molar-refractivity contribution in [1.82, 2.24) is 10.2 Å². The second kappa shape index (κ2) is 7.34. The fourth-order valence-electron chi connectivity index (χ4n) is 3.16. The maximum atomic E-state index is 13.5. The van der Waals surface area contributed by atoms with Crippen LogP contribution in [0.3, 0.4) is 0 Å². The van der Waals surface area contributed by atoms with Crippen molar-refractivity contribution in [3.05, 3.63) is 59.5 Å². The Kier molecular flexibility index (Phi) is 4.73. The molecule has 0 saturated heterocycles. The highest BCUT2D eigenvalue weighted by molar-refractivity contribution is 6.06. The number of amides is 1. The summed E-state index contributed by atoms with van der Waals surface area (Å²) in [5.41, 5.74) is 3.13. The zero-order valence-corrected chi connectivity index (χ0v) is 15.6. The standard InChI is InChI=1S/C21H20FN3O3/c1-27-16-9-8-13(11-17(16)28-2)19-20(18(24-25-19)12-6-7-12)23-21(26)14-4-3-5-15(22)10-14/h3-5,8-12H,6-7H2,1-2H3,(H,23,26)(H,24,25). The van der Waals surface area contributed by atoms with Crippen molar-refractivity contribution in [2.75, 3.05) is 19.5 Å². The van der Waals surface area contributed by atoms with E-state index in [1.165, 1.54) is 18.2 Å². The average molecular weight is 381 g/mol. The van der Waals surface area contributed by atoms with Crippen LogP contribution >= 0.6 is 0 Å². The van der Waals surface area contributed by atoms with Crippen LogP contribution in [0.15, 0.2) is 42.5 Å². The Morgan fingerprint density at radius 1 is 1.14 bits per heavy atom. The number of rotatable bonds is 6. The van der Waals surface area contributed by atoms with Gasteiger partial charge >= 0.3 is 0 Å². The number of carbonyl (C=O) groups excluding carboxylic acids is 1. The molecule has 6 nitrogen and oxygen atoms in total. The zero-order valence-electron chi connectivity index (χ0n) is 15.6. The number of aromatic amines is 1. The largest absolute Gasteiger partial charge is 0.493 e. The Labute approximate surface area is 161 Å². The van der Waals surface area contributed by atoms with E-state index < -0.39 is 5.82 Å². The van der Waals surface area contributed by atoms with Gasteiger partial charge in [0.1, 0.15) is 11.5 Å². The first-order valence-electron chi connectivity index (χ1n) is 8.98. The van der Waals surface area contributed by atoms with Gasteiger partial charge in [0.15, 0.2) is 11.5 Å². The number of hydrogen-bond acceptors (Lipinski definition) is 4. The summed E-state index contributed by atoms with van der Waals surface area (Å²) in [5.74, 6) is 0.670. The van der Waals surface area contributed by atoms with Gasteiger partial charge in [-0.1, -0.05) is 6.07 Å². The van der Waals surface area contributed by atoms with Gasteiger partial charge in [-0.3, -0.25) is 9.89 Å². The fraction of sp³-hybridized carbons (Fsp3) is 0.238. The highest BCUT2D eigenvalue weighted by atomic mass is 19.1. The van der Waals surface area contributed by atoms with Crippen LogP contribution in [0, 0.1) is 5.82 Å². The van der Waals surface area contributed by atoms with E-state index in [2.05, 4.69) is 15.5 Å². The van der Waals surface area contributed by atoms with Gasteiger partial charge < -0.3 is 14.8 Å². The number of ether oxygens (including phenoxy) is 2. The van der Waals surface area contributed by atoms with Gasteiger partial charge in [0.25, 0.3) is 5.91 Å². The molecule has 3 aromatic rings. The first-order chi connectivity index (χ1) is 13.6. The number of nitrogens with one attached hydrogen (secondary N) is 2. The third-order valence-electron chi connectivity index (χ3n) is 4.76. The normalized spacial score (nSPS) is 13.2. The van der Waals surface area contributed by atoms with E-state index in [1.807, 2.05) is 12.1 Å². The fourth-order valence-corrected chi connectivity index (χ4v) is 3.16. The molecule has 28 heavy (non-hydrogen) atoms. The number of halogens is 1. The molecule has 1 aliphatic rings. The minimum atomic E-state index is -0.456. The Morgan fingerprint density at radius 3 is 2.61 bits per heavy atom. The summed E-state index contributed by atoms with van der Waals surface area (Å²) < 4.78 is 24.2. The summed E-state index contributed by atoms with van der Waals surface area (Å²) in [5, 5.41) is 10.4. The number of carbonyl (C=O) groups is 1. The molecule has 0 spiro atoms. The number of benzene rings is 2. The molecule has 4 rings (SSSR count). The first kappa shape index (κ1) is 18.0. The average Bonchev–Trinajstić information content (AvgIpc) is 3.48. The van der Waals surface area contributed by atoms with Crippen LogP contribution in [0.2, 0.25) is 0 Å². The molecule has 0 unspecified atom stereocenters. The molecule has 0 bridgehead atoms. The maximum Gasteiger partial charge on any atom is 0.255 e. The summed E-state index contributed by atoms with van der Waals surface area (Å²) >= 11 is 0. The van der Waals surface area contributed by atoms with Crippen LogP contribution in [0.5, 0.6) is 11.5 Å². The molecule has 1 fully saturated rings. The Morgan fingerprint density at radius 2 is 1.93 bits per heavy atom. The lowest BCUT2D eigenvalue weighted by Gasteiger charge is -2.11. The lowest BCUT2D eigenvalue weighted by Crippen LogP contribution is -2.13. The van der Waals surface area contributed by atoms with Crippen LogP contribution in [0.1, 0.15) is 34.8 Å². The van der Waals surface area contributed by atoms with E-state index in [-0.39, 0.29) is 11.5 Å². The number of aromatic nitrogens is 2. The lowest BCUT2D eigenvalue weighted by atomic mass is 10.1. The predicted octanol–water partition coefficient (Wildman–Crippen LogP) is 4.36. The van der Waals surface area contributed by atoms with Crippen LogP contribution < -0.4 is 14.8 Å². The second-order valence-electron chi connectivity index (χ2n) is 6.67. The molecule has 144 valence electrons. The molecule has 1 aliphatic carbocycles. The van der Waals surface area contributed by atoms with Crippen molar-refractivity contribution in [2.24, 2.45) is 0 Å². The van der Waals surface area contributed by atoms with E-state index in [9.17, 15) is 9.18 Å². The number of methoxy groups -OCH3 is 2. The molecular formula is C21H20FN3O3. The van der Waals surface area contributed by atoms with Crippen LogP contribution in [-0.2, 0) is 0 Å². The predicted molar refractivity (Wildman–Crippen MR) is 103 cm³/mol. The Balaban J connectivity index is 1.73. The lowest BCUT2D eigenvalue weighted by molar-refractivity contribution is 0.102. The van der Waals surface area contributed by atoms with Crippen molar-refractivity contribution in [3.8, 4) is 22.8 Å². The second-order valence-corrected chi connectivity index (χ2v) is 6.67. The molecule has 7 heteroatoms. The summed E-state index contributed by atoms with van der Waals surface area (Å²) in [6.07, 6.45) is 2.08. The van der Waals surface area contributed by atoms with Gasteiger partial charge in [-0.05, 0) is 49.2 Å². The molecule has 1 heterocycles. The zero-order chi connectivity index (χ0) is 19.7. The van der Waals surface area contributed by atoms with E-state index in [1.54, 1.807) is 26.4 Å². The van der Waals surface area contributed by atoms with Gasteiger partial charge in [-0.25, -0.2) is 4.39 Å². The van der Waals surface area contributed by atoms with E-state index >= 15 is 0 Å². The van der Waals surface area contributed by atoms with Crippen molar-refractivity contribution >= 4 is 11.6 Å². The molecule has 0 radical (unpaired) electrons. The summed E-state index contributed by atoms with van der Waals surface area (Å²) in [6, 6.07) is 11.1. The Hall–Kier alpha value is -3.35. The number of hydrogen-bond donors (Lipinski definition) is 2. The van der Waals surface area contributed by atoms with Crippen molar-refractivity contribution in [2.45, 2.75) is 18.8 Å². The number of anilines is 1. The van der Waals surface area contributed by atoms with E-state index in [4.69, 9.17) is 9.47 Å². The molecule has 1 saturated carbocycles. The van der Waals surface area contributed by atoms with Crippen LogP contribution in [-0.4, -0.2) is 30.3 Å². The molecule has 1 amide bonds. The molecular weight excluding hydrogens is 361 g/mol. The first-order valence-corrected chi connectivity index (χ1v) is 8.98. The van der Waals surface area contributed by atoms with Crippen LogP contribution in [0.4, 0.5) is 10.1 Å². The molecule has 1 aromatic heterocycles. The molecule has 0 atom stereocenters. The maximum absolute atomic E-state index is 13.5. The molecule has 0 aliphatic heterocycles. The van der Waals surface area contributed by atoms with Gasteiger partial charge in [0.2, 0.25) is 0 Å². The van der Waals surface area contributed by atoms with Crippen LogP contribution in [0.25, 0.3) is 11.3 Å². The third-order valence-corrected chi connectivity index (χ3v) is 4.76. The molecule has 2 aromatic carbocycles. The van der Waals surface area contributed by atoms with Gasteiger partial charge in [0, 0.05) is 17.0 Å². The topological polar surface area (TPSA) is 76.2 Å². The quantitative estimate of drug-likeness (QED) is 0.665. The monoisotopic (exact) mass is 381 g/mol. The van der Waals surface area contributed by atoms with Crippen molar-refractivity contribution in [1.29, 1.82) is 0 Å². The van der Waals surface area contributed by atoms with E-state index in [0.717, 1.165) is 24.1 Å². The van der Waals surface area contributed by atoms with Gasteiger partial charge in [-0.15, -0.1) is 0 Å².